The first-order chi connectivity index (χ1) is 10.9. The summed E-state index contributed by atoms with van der Waals surface area (Å²) in [5.74, 6) is 0. The second kappa shape index (κ2) is 6.20. The summed E-state index contributed by atoms with van der Waals surface area (Å²) >= 11 is 6.03. The van der Waals surface area contributed by atoms with Crippen LogP contribution in [0.3, 0.4) is 0 Å². The third-order valence-electron chi connectivity index (χ3n) is 4.25. The molecule has 4 nitrogen and oxygen atoms in total. The number of carbonyl (C=O) groups is 1. The number of aryl methyl sites for hydroxylation is 4. The van der Waals surface area contributed by atoms with Gasteiger partial charge in [0.05, 0.1) is 17.4 Å². The minimum atomic E-state index is -0.199. The lowest BCUT2D eigenvalue weighted by Crippen LogP contribution is -2.32. The van der Waals surface area contributed by atoms with Gasteiger partial charge in [0.15, 0.2) is 0 Å². The van der Waals surface area contributed by atoms with Crippen molar-refractivity contribution in [2.45, 2.75) is 39.7 Å². The van der Waals surface area contributed by atoms with Crippen LogP contribution in [0.4, 0.5) is 10.5 Å². The molecule has 2 amide bonds. The van der Waals surface area contributed by atoms with Crippen LogP contribution in [-0.4, -0.2) is 11.0 Å². The van der Waals surface area contributed by atoms with Gasteiger partial charge in [-0.05, 0) is 68.5 Å². The lowest BCUT2D eigenvalue weighted by atomic mass is 10.1. The van der Waals surface area contributed by atoms with Crippen molar-refractivity contribution in [2.75, 3.05) is 5.32 Å². The Balaban J connectivity index is 1.72. The Hall–Kier alpha value is -2.07. The number of hydrogen-bond acceptors (Lipinski definition) is 2. The van der Waals surface area contributed by atoms with E-state index in [0.29, 0.717) is 0 Å². The van der Waals surface area contributed by atoms with Gasteiger partial charge in [0.25, 0.3) is 0 Å². The summed E-state index contributed by atoms with van der Waals surface area (Å²) in [5.41, 5.74) is 5.95. The van der Waals surface area contributed by atoms with Crippen molar-refractivity contribution in [3.8, 4) is 0 Å². The number of amides is 2. The van der Waals surface area contributed by atoms with E-state index in [4.69, 9.17) is 11.6 Å². The van der Waals surface area contributed by atoms with Gasteiger partial charge in [-0.3, -0.25) is 4.98 Å². The van der Waals surface area contributed by atoms with Crippen LogP contribution >= 0.6 is 11.6 Å². The van der Waals surface area contributed by atoms with Crippen molar-refractivity contribution in [1.29, 1.82) is 0 Å². The largest absolute Gasteiger partial charge is 0.331 e. The summed E-state index contributed by atoms with van der Waals surface area (Å²) in [7, 11) is 0. The van der Waals surface area contributed by atoms with Crippen molar-refractivity contribution in [3.05, 3.63) is 57.4 Å². The van der Waals surface area contributed by atoms with E-state index in [2.05, 4.69) is 15.6 Å². The maximum atomic E-state index is 12.4. The molecule has 0 saturated heterocycles. The van der Waals surface area contributed by atoms with Crippen LogP contribution in [0.1, 0.15) is 40.5 Å². The van der Waals surface area contributed by atoms with Crippen LogP contribution in [0.2, 0.25) is 5.02 Å². The van der Waals surface area contributed by atoms with Gasteiger partial charge in [-0.15, -0.1) is 0 Å². The van der Waals surface area contributed by atoms with Gasteiger partial charge in [0.1, 0.15) is 0 Å². The van der Waals surface area contributed by atoms with Crippen LogP contribution in [-0.2, 0) is 6.42 Å². The van der Waals surface area contributed by atoms with E-state index in [1.807, 2.05) is 45.0 Å². The second-order valence-corrected chi connectivity index (χ2v) is 6.51. The molecule has 0 spiro atoms. The van der Waals surface area contributed by atoms with Gasteiger partial charge in [-0.2, -0.15) is 0 Å². The summed E-state index contributed by atoms with van der Waals surface area (Å²) in [5, 5.41) is 6.73. The van der Waals surface area contributed by atoms with Crippen molar-refractivity contribution in [1.82, 2.24) is 10.3 Å². The highest BCUT2D eigenvalue weighted by Gasteiger charge is 2.24. The molecule has 1 aliphatic carbocycles. The fourth-order valence-electron chi connectivity index (χ4n) is 3.26. The smallest absolute Gasteiger partial charge is 0.319 e. The normalized spacial score (nSPS) is 16.1. The zero-order chi connectivity index (χ0) is 16.6. The number of nitrogens with one attached hydrogen (secondary N) is 2. The highest BCUT2D eigenvalue weighted by Crippen LogP contribution is 2.33. The summed E-state index contributed by atoms with van der Waals surface area (Å²) in [6.07, 6.45) is 1.83. The van der Waals surface area contributed by atoms with Gasteiger partial charge in [-0.1, -0.05) is 17.7 Å². The van der Waals surface area contributed by atoms with Gasteiger partial charge < -0.3 is 10.6 Å². The molecular formula is C18H20ClN3O. The minimum absolute atomic E-state index is 0.0290. The summed E-state index contributed by atoms with van der Waals surface area (Å²) in [4.78, 5) is 16.8. The minimum Gasteiger partial charge on any atom is -0.331 e. The van der Waals surface area contributed by atoms with Crippen LogP contribution in [0, 0.1) is 20.8 Å². The molecule has 0 saturated carbocycles. The monoisotopic (exact) mass is 329 g/mol. The molecule has 5 heteroatoms. The number of fused-ring (bicyclic) bond motifs is 1. The predicted octanol–water partition coefficient (Wildman–Crippen LogP) is 4.47. The molecule has 1 aromatic carbocycles. The zero-order valence-corrected chi connectivity index (χ0v) is 14.3. The van der Waals surface area contributed by atoms with Crippen molar-refractivity contribution in [3.63, 3.8) is 0 Å². The van der Waals surface area contributed by atoms with Crippen molar-refractivity contribution >= 4 is 23.3 Å². The lowest BCUT2D eigenvalue weighted by molar-refractivity contribution is 0.248. The topological polar surface area (TPSA) is 54.0 Å². The number of benzene rings is 1. The zero-order valence-electron chi connectivity index (χ0n) is 13.5. The quantitative estimate of drug-likeness (QED) is 0.854. The van der Waals surface area contributed by atoms with Crippen LogP contribution < -0.4 is 10.6 Å². The number of aromatic nitrogens is 1. The number of carbonyl (C=O) groups excluding carboxylic acids is 1. The van der Waals surface area contributed by atoms with Gasteiger partial charge in [0, 0.05) is 10.7 Å². The molecule has 1 aliphatic rings. The van der Waals surface area contributed by atoms with Gasteiger partial charge >= 0.3 is 6.03 Å². The summed E-state index contributed by atoms with van der Waals surface area (Å²) < 4.78 is 0. The maximum Gasteiger partial charge on any atom is 0.319 e. The van der Waals surface area contributed by atoms with E-state index < -0.39 is 0 Å². The fraction of sp³-hybridized carbons (Fsp3) is 0.333. The highest BCUT2D eigenvalue weighted by molar-refractivity contribution is 6.30. The SMILES string of the molecule is Cc1cc(C)c(NC(=O)N[C@@H]2CCc3cc(Cl)ccc32)c(C)n1. The van der Waals surface area contributed by atoms with Crippen molar-refractivity contribution < 1.29 is 4.79 Å². The third-order valence-corrected chi connectivity index (χ3v) is 4.49. The molecule has 3 rings (SSSR count). The Bertz CT molecular complexity index is 750. The number of halogens is 1. The van der Waals surface area contributed by atoms with Gasteiger partial charge in [-0.25, -0.2) is 4.79 Å². The number of nitrogens with zero attached hydrogens (tertiary/aromatic N) is 1. The van der Waals surface area contributed by atoms with Crippen LogP contribution in [0.25, 0.3) is 0 Å². The molecule has 120 valence electrons. The molecule has 1 atom stereocenters. The number of anilines is 1. The molecule has 23 heavy (non-hydrogen) atoms. The molecule has 1 heterocycles. The number of pyridine rings is 1. The highest BCUT2D eigenvalue weighted by atomic mass is 35.5. The Labute approximate surface area is 141 Å². The molecule has 0 bridgehead atoms. The maximum absolute atomic E-state index is 12.4. The van der Waals surface area contributed by atoms with E-state index in [1.54, 1.807) is 0 Å². The first-order valence-electron chi connectivity index (χ1n) is 7.74. The van der Waals surface area contributed by atoms with E-state index >= 15 is 0 Å². The average Bonchev–Trinajstić information content (AvgIpc) is 2.85. The molecule has 0 radical (unpaired) electrons. The second-order valence-electron chi connectivity index (χ2n) is 6.07. The number of rotatable bonds is 2. The Morgan fingerprint density at radius 3 is 2.78 bits per heavy atom. The molecule has 2 aromatic rings. The van der Waals surface area contributed by atoms with E-state index in [-0.39, 0.29) is 12.1 Å². The molecule has 0 fully saturated rings. The first kappa shape index (κ1) is 15.8. The molecule has 2 N–H and O–H groups in total. The molecule has 0 unspecified atom stereocenters. The van der Waals surface area contributed by atoms with Crippen molar-refractivity contribution in [2.24, 2.45) is 0 Å². The van der Waals surface area contributed by atoms with E-state index in [9.17, 15) is 4.79 Å². The molecule has 1 aromatic heterocycles. The standard InChI is InChI=1S/C18H20ClN3O/c1-10-8-11(2)20-12(3)17(10)22-18(23)21-16-7-4-13-9-14(19)5-6-15(13)16/h5-6,8-9,16H,4,7H2,1-3H3,(H2,21,22,23)/t16-/m1/s1. The fourth-order valence-corrected chi connectivity index (χ4v) is 3.45. The van der Waals surface area contributed by atoms with Crippen LogP contribution in [0.5, 0.6) is 0 Å². The van der Waals surface area contributed by atoms with Gasteiger partial charge in [0.2, 0.25) is 0 Å². The lowest BCUT2D eigenvalue weighted by Gasteiger charge is -2.17. The molecular weight excluding hydrogens is 310 g/mol. The Morgan fingerprint density at radius 2 is 2.04 bits per heavy atom. The predicted molar refractivity (Wildman–Crippen MR) is 93.1 cm³/mol. The van der Waals surface area contributed by atoms with E-state index in [0.717, 1.165) is 46.1 Å². The Morgan fingerprint density at radius 1 is 1.26 bits per heavy atom. The third kappa shape index (κ3) is 3.32. The molecule has 0 aliphatic heterocycles. The van der Waals surface area contributed by atoms with E-state index in [1.165, 1.54) is 5.56 Å². The first-order valence-corrected chi connectivity index (χ1v) is 8.12. The van der Waals surface area contributed by atoms with Crippen LogP contribution in [0.15, 0.2) is 24.3 Å². The number of urea groups is 1. The summed E-state index contributed by atoms with van der Waals surface area (Å²) in [6.45, 7) is 5.83. The number of hydrogen-bond donors (Lipinski definition) is 2. The summed E-state index contributed by atoms with van der Waals surface area (Å²) in [6, 6.07) is 7.65. The average molecular weight is 330 g/mol. The Kier molecular flexibility index (Phi) is 4.26.